The van der Waals surface area contributed by atoms with Gasteiger partial charge in [-0.3, -0.25) is 0 Å². The van der Waals surface area contributed by atoms with Gasteiger partial charge in [0.25, 0.3) is 0 Å². The van der Waals surface area contributed by atoms with Crippen LogP contribution in [0, 0.1) is 0 Å². The van der Waals surface area contributed by atoms with Crippen LogP contribution in [0.4, 0.5) is 0 Å². The molecule has 0 bridgehead atoms. The number of aromatic nitrogens is 2. The lowest BCUT2D eigenvalue weighted by molar-refractivity contribution is 0.534. The monoisotopic (exact) mass is 276 g/mol. The highest BCUT2D eigenvalue weighted by Gasteiger charge is 1.98. The molecule has 2 N–H and O–H groups in total. The fraction of sp³-hybridized carbons (Fsp3) is 0.286. The van der Waals surface area contributed by atoms with Crippen molar-refractivity contribution >= 4 is 11.6 Å². The van der Waals surface area contributed by atoms with Crippen molar-refractivity contribution in [1.29, 1.82) is 0 Å². The number of nitrogens with one attached hydrogen (secondary N) is 2. The molecule has 0 atom stereocenters. The molecular formula is C14H17ClN4. The summed E-state index contributed by atoms with van der Waals surface area (Å²) >= 11 is 5.67. The highest BCUT2D eigenvalue weighted by Crippen LogP contribution is 2.16. The van der Waals surface area contributed by atoms with Crippen molar-refractivity contribution in [2.24, 2.45) is 0 Å². The molecule has 0 saturated carbocycles. The number of hydrogen-bond acceptors (Lipinski definition) is 4. The second-order valence-corrected chi connectivity index (χ2v) is 4.41. The predicted molar refractivity (Wildman–Crippen MR) is 78.2 cm³/mol. The van der Waals surface area contributed by atoms with Gasteiger partial charge in [0.05, 0.1) is 5.69 Å². The summed E-state index contributed by atoms with van der Waals surface area (Å²) in [5.74, 6) is 0. The van der Waals surface area contributed by atoms with Gasteiger partial charge >= 0.3 is 0 Å². The second kappa shape index (κ2) is 7.84. The van der Waals surface area contributed by atoms with Crippen molar-refractivity contribution in [3.63, 3.8) is 0 Å². The van der Waals surface area contributed by atoms with E-state index in [-0.39, 0.29) is 5.28 Å². The topological polar surface area (TPSA) is 49.8 Å². The van der Waals surface area contributed by atoms with E-state index in [0.717, 1.165) is 37.4 Å². The molecule has 4 nitrogen and oxygen atoms in total. The lowest BCUT2D eigenvalue weighted by atomic mass is 10.1. The van der Waals surface area contributed by atoms with Gasteiger partial charge in [0, 0.05) is 37.9 Å². The summed E-state index contributed by atoms with van der Waals surface area (Å²) in [6.45, 7) is 4.56. The van der Waals surface area contributed by atoms with E-state index in [1.807, 2.05) is 36.4 Å². The van der Waals surface area contributed by atoms with Gasteiger partial charge in [-0.15, -0.1) is 0 Å². The number of nitrogens with zero attached hydrogens (tertiary/aromatic N) is 2. The van der Waals surface area contributed by atoms with Crippen molar-refractivity contribution in [2.45, 2.75) is 0 Å². The van der Waals surface area contributed by atoms with E-state index in [1.165, 1.54) is 0 Å². The summed E-state index contributed by atoms with van der Waals surface area (Å²) in [5, 5.41) is 6.72. The van der Waals surface area contributed by atoms with Gasteiger partial charge in [-0.25, -0.2) is 9.97 Å². The van der Waals surface area contributed by atoms with Crippen molar-refractivity contribution in [3.05, 3.63) is 47.9 Å². The Hall–Kier alpha value is -1.49. The first-order valence-electron chi connectivity index (χ1n) is 6.31. The largest absolute Gasteiger partial charge is 0.314 e. The van der Waals surface area contributed by atoms with Crippen LogP contribution in [0.1, 0.15) is 0 Å². The first-order chi connectivity index (χ1) is 9.36. The van der Waals surface area contributed by atoms with Crippen LogP contribution in [0.5, 0.6) is 0 Å². The van der Waals surface area contributed by atoms with Crippen LogP contribution in [0.25, 0.3) is 11.3 Å². The molecule has 1 saturated heterocycles. The molecule has 2 aromatic rings. The van der Waals surface area contributed by atoms with Gasteiger partial charge in [0.15, 0.2) is 0 Å². The van der Waals surface area contributed by atoms with Crippen LogP contribution in [-0.2, 0) is 0 Å². The van der Waals surface area contributed by atoms with Crippen LogP contribution in [-0.4, -0.2) is 36.1 Å². The first kappa shape index (κ1) is 13.9. The van der Waals surface area contributed by atoms with E-state index in [1.54, 1.807) is 6.20 Å². The van der Waals surface area contributed by atoms with Crippen LogP contribution < -0.4 is 10.6 Å². The van der Waals surface area contributed by atoms with Crippen molar-refractivity contribution in [2.75, 3.05) is 26.2 Å². The minimum Gasteiger partial charge on any atom is -0.314 e. The molecule has 5 heteroatoms. The van der Waals surface area contributed by atoms with Crippen molar-refractivity contribution < 1.29 is 0 Å². The SMILES string of the molecule is C1CNCCN1.Clc1nccc(-c2ccccc2)n1. The Labute approximate surface area is 118 Å². The molecule has 3 rings (SSSR count). The van der Waals surface area contributed by atoms with E-state index in [0.29, 0.717) is 0 Å². The van der Waals surface area contributed by atoms with Crippen molar-refractivity contribution in [3.8, 4) is 11.3 Å². The number of rotatable bonds is 1. The van der Waals surface area contributed by atoms with Crippen LogP contribution in [0.3, 0.4) is 0 Å². The Morgan fingerprint density at radius 2 is 1.53 bits per heavy atom. The first-order valence-corrected chi connectivity index (χ1v) is 6.69. The average Bonchev–Trinajstić information content (AvgIpc) is 2.51. The molecule has 100 valence electrons. The van der Waals surface area contributed by atoms with Gasteiger partial charge in [0.1, 0.15) is 0 Å². The summed E-state index contributed by atoms with van der Waals surface area (Å²) < 4.78 is 0. The Kier molecular flexibility index (Phi) is 5.75. The third kappa shape index (κ3) is 4.95. The van der Waals surface area contributed by atoms with Crippen LogP contribution >= 0.6 is 11.6 Å². The predicted octanol–water partition coefficient (Wildman–Crippen LogP) is 1.98. The Bertz CT molecular complexity index is 474. The molecule has 0 spiro atoms. The normalized spacial score (nSPS) is 14.4. The third-order valence-corrected chi connectivity index (χ3v) is 2.83. The zero-order chi connectivity index (χ0) is 13.3. The molecule has 1 aliphatic rings. The van der Waals surface area contributed by atoms with E-state index in [9.17, 15) is 0 Å². The number of halogens is 1. The molecule has 0 unspecified atom stereocenters. The number of hydrogen-bond donors (Lipinski definition) is 2. The third-order valence-electron chi connectivity index (χ3n) is 2.65. The standard InChI is InChI=1S/C10H7ClN2.C4H10N2/c11-10-12-7-6-9(13-10)8-4-2-1-3-5-8;1-2-6-4-3-5-1/h1-7H;5-6H,1-4H2. The van der Waals surface area contributed by atoms with Gasteiger partial charge in [0.2, 0.25) is 5.28 Å². The zero-order valence-electron chi connectivity index (χ0n) is 10.6. The van der Waals surface area contributed by atoms with E-state index < -0.39 is 0 Å². The van der Waals surface area contributed by atoms with Gasteiger partial charge in [-0.2, -0.15) is 0 Å². The quantitative estimate of drug-likeness (QED) is 0.782. The van der Waals surface area contributed by atoms with E-state index in [4.69, 9.17) is 11.6 Å². The minimum atomic E-state index is 0.279. The van der Waals surface area contributed by atoms with Crippen LogP contribution in [0.2, 0.25) is 5.28 Å². The maximum Gasteiger partial charge on any atom is 0.222 e. The summed E-state index contributed by atoms with van der Waals surface area (Å²) in [5.41, 5.74) is 1.90. The van der Waals surface area contributed by atoms with E-state index in [2.05, 4.69) is 20.6 Å². The summed E-state index contributed by atoms with van der Waals surface area (Å²) in [7, 11) is 0. The Balaban J connectivity index is 0.000000186. The average molecular weight is 277 g/mol. The Morgan fingerprint density at radius 3 is 2.05 bits per heavy atom. The maximum atomic E-state index is 5.67. The van der Waals surface area contributed by atoms with Gasteiger partial charge < -0.3 is 10.6 Å². The molecule has 0 amide bonds. The fourth-order valence-corrected chi connectivity index (χ4v) is 1.86. The Morgan fingerprint density at radius 1 is 0.895 bits per heavy atom. The molecule has 1 fully saturated rings. The lowest BCUT2D eigenvalue weighted by Gasteiger charge is -2.11. The summed E-state index contributed by atoms with van der Waals surface area (Å²) in [6.07, 6.45) is 1.65. The van der Waals surface area contributed by atoms with E-state index >= 15 is 0 Å². The molecule has 1 aromatic heterocycles. The number of benzene rings is 1. The zero-order valence-corrected chi connectivity index (χ0v) is 11.4. The highest BCUT2D eigenvalue weighted by molar-refractivity contribution is 6.28. The minimum absolute atomic E-state index is 0.279. The maximum absolute atomic E-state index is 5.67. The number of piperazine rings is 1. The molecule has 0 radical (unpaired) electrons. The highest BCUT2D eigenvalue weighted by atomic mass is 35.5. The molecule has 1 aliphatic heterocycles. The molecule has 0 aliphatic carbocycles. The second-order valence-electron chi connectivity index (χ2n) is 4.08. The van der Waals surface area contributed by atoms with Gasteiger partial charge in [-0.05, 0) is 17.7 Å². The smallest absolute Gasteiger partial charge is 0.222 e. The lowest BCUT2D eigenvalue weighted by Crippen LogP contribution is -2.39. The molecule has 1 aromatic carbocycles. The molecule has 19 heavy (non-hydrogen) atoms. The van der Waals surface area contributed by atoms with Gasteiger partial charge in [-0.1, -0.05) is 30.3 Å². The summed E-state index contributed by atoms with van der Waals surface area (Å²) in [6, 6.07) is 11.7. The van der Waals surface area contributed by atoms with Crippen molar-refractivity contribution in [1.82, 2.24) is 20.6 Å². The fourth-order valence-electron chi connectivity index (χ4n) is 1.71. The van der Waals surface area contributed by atoms with Crippen LogP contribution in [0.15, 0.2) is 42.6 Å². The summed E-state index contributed by atoms with van der Waals surface area (Å²) in [4.78, 5) is 7.92. The molecule has 2 heterocycles. The molecular weight excluding hydrogens is 260 g/mol.